The molecular formula is C24H30N2O4. The van der Waals surface area contributed by atoms with Gasteiger partial charge in [0.15, 0.2) is 17.6 Å². The minimum absolute atomic E-state index is 0.0521. The lowest BCUT2D eigenvalue weighted by Gasteiger charge is -2.36. The zero-order valence-corrected chi connectivity index (χ0v) is 18.2. The van der Waals surface area contributed by atoms with Gasteiger partial charge in [0, 0.05) is 32.7 Å². The molecule has 6 heteroatoms. The molecule has 1 fully saturated rings. The molecule has 0 saturated carbocycles. The maximum atomic E-state index is 12.9. The third-order valence-electron chi connectivity index (χ3n) is 5.94. The summed E-state index contributed by atoms with van der Waals surface area (Å²) in [6.45, 7) is 12.2. The second kappa shape index (κ2) is 8.56. The van der Waals surface area contributed by atoms with Crippen molar-refractivity contribution in [3.8, 4) is 17.2 Å². The fourth-order valence-electron chi connectivity index (χ4n) is 4.05. The normalized spacial score (nSPS) is 17.1. The Kier molecular flexibility index (Phi) is 5.86. The largest absolute Gasteiger partial charge is 0.481 e. The number of piperazine rings is 1. The molecule has 2 aromatic carbocycles. The maximum absolute atomic E-state index is 12.9. The van der Waals surface area contributed by atoms with Crippen molar-refractivity contribution in [2.75, 3.05) is 33.0 Å². The van der Waals surface area contributed by atoms with Crippen LogP contribution >= 0.6 is 0 Å². The topological polar surface area (TPSA) is 51.2 Å². The Labute approximate surface area is 178 Å². The van der Waals surface area contributed by atoms with Crippen LogP contribution in [0.2, 0.25) is 0 Å². The molecule has 0 aromatic heterocycles. The molecule has 1 saturated heterocycles. The molecule has 1 atom stereocenters. The summed E-state index contributed by atoms with van der Waals surface area (Å²) in [6, 6.07) is 10.2. The van der Waals surface area contributed by atoms with Gasteiger partial charge in [-0.05, 0) is 68.1 Å². The molecule has 0 radical (unpaired) electrons. The van der Waals surface area contributed by atoms with Crippen LogP contribution in [-0.2, 0) is 11.3 Å². The van der Waals surface area contributed by atoms with Gasteiger partial charge >= 0.3 is 0 Å². The Morgan fingerprint density at radius 3 is 2.53 bits per heavy atom. The molecule has 2 aliphatic rings. The molecule has 0 spiro atoms. The van der Waals surface area contributed by atoms with Crippen molar-refractivity contribution in [1.29, 1.82) is 0 Å². The van der Waals surface area contributed by atoms with Crippen LogP contribution in [0, 0.1) is 20.8 Å². The second-order valence-electron chi connectivity index (χ2n) is 8.25. The molecule has 6 nitrogen and oxygen atoms in total. The van der Waals surface area contributed by atoms with Crippen LogP contribution < -0.4 is 14.2 Å². The molecular weight excluding hydrogens is 380 g/mol. The highest BCUT2D eigenvalue weighted by Crippen LogP contribution is 2.33. The van der Waals surface area contributed by atoms with Crippen LogP contribution in [0.4, 0.5) is 0 Å². The average Bonchev–Trinajstić information content (AvgIpc) is 3.19. The van der Waals surface area contributed by atoms with Gasteiger partial charge in [-0.2, -0.15) is 0 Å². The zero-order chi connectivity index (χ0) is 21.3. The highest BCUT2D eigenvalue weighted by Gasteiger charge is 2.27. The molecule has 2 aromatic rings. The van der Waals surface area contributed by atoms with Crippen molar-refractivity contribution in [1.82, 2.24) is 9.80 Å². The van der Waals surface area contributed by atoms with Crippen LogP contribution in [0.1, 0.15) is 29.2 Å². The highest BCUT2D eigenvalue weighted by atomic mass is 16.7. The minimum atomic E-state index is -0.495. The molecule has 1 unspecified atom stereocenters. The van der Waals surface area contributed by atoms with E-state index in [0.717, 1.165) is 48.0 Å². The molecule has 2 aliphatic heterocycles. The van der Waals surface area contributed by atoms with E-state index in [4.69, 9.17) is 14.2 Å². The number of fused-ring (bicyclic) bond motifs is 1. The first kappa shape index (κ1) is 20.5. The van der Waals surface area contributed by atoms with Gasteiger partial charge in [-0.25, -0.2) is 0 Å². The van der Waals surface area contributed by atoms with Gasteiger partial charge in [0.25, 0.3) is 5.91 Å². The number of ether oxygens (including phenoxy) is 3. The summed E-state index contributed by atoms with van der Waals surface area (Å²) in [5.74, 6) is 2.47. The van der Waals surface area contributed by atoms with E-state index in [1.807, 2.05) is 43.9 Å². The second-order valence-corrected chi connectivity index (χ2v) is 8.25. The minimum Gasteiger partial charge on any atom is -0.481 e. The van der Waals surface area contributed by atoms with Gasteiger partial charge in [0.1, 0.15) is 5.75 Å². The third kappa shape index (κ3) is 4.38. The van der Waals surface area contributed by atoms with E-state index in [1.54, 1.807) is 0 Å². The van der Waals surface area contributed by atoms with Crippen LogP contribution in [-0.4, -0.2) is 54.8 Å². The summed E-state index contributed by atoms with van der Waals surface area (Å²) in [6.07, 6.45) is -0.495. The molecule has 30 heavy (non-hydrogen) atoms. The molecule has 4 rings (SSSR count). The van der Waals surface area contributed by atoms with Crippen LogP contribution in [0.3, 0.4) is 0 Å². The van der Waals surface area contributed by atoms with E-state index in [9.17, 15) is 4.79 Å². The summed E-state index contributed by atoms with van der Waals surface area (Å²) in [7, 11) is 0. The lowest BCUT2D eigenvalue weighted by molar-refractivity contribution is -0.139. The van der Waals surface area contributed by atoms with E-state index in [-0.39, 0.29) is 5.91 Å². The van der Waals surface area contributed by atoms with E-state index in [0.29, 0.717) is 19.9 Å². The number of hydrogen-bond donors (Lipinski definition) is 0. The number of hydrogen-bond acceptors (Lipinski definition) is 5. The molecule has 2 heterocycles. The highest BCUT2D eigenvalue weighted by molar-refractivity contribution is 5.81. The standard InChI is InChI=1S/C24H30N2O4/c1-16-11-17(2)18(3)22(12-16)30-19(4)24(27)26-9-7-25(8-10-26)14-20-5-6-21-23(13-20)29-15-28-21/h5-6,11-13,19H,7-10,14-15H2,1-4H3. The monoisotopic (exact) mass is 410 g/mol. The summed E-state index contributed by atoms with van der Waals surface area (Å²) in [5.41, 5.74) is 4.61. The zero-order valence-electron chi connectivity index (χ0n) is 18.2. The lowest BCUT2D eigenvalue weighted by Crippen LogP contribution is -2.51. The van der Waals surface area contributed by atoms with E-state index < -0.39 is 6.10 Å². The van der Waals surface area contributed by atoms with Gasteiger partial charge in [0.2, 0.25) is 6.79 Å². The van der Waals surface area contributed by atoms with Crippen molar-refractivity contribution in [3.63, 3.8) is 0 Å². The Hall–Kier alpha value is -2.73. The van der Waals surface area contributed by atoms with Crippen LogP contribution in [0.5, 0.6) is 17.2 Å². The number of carbonyl (C=O) groups is 1. The molecule has 1 amide bonds. The van der Waals surface area contributed by atoms with Crippen molar-refractivity contribution in [2.45, 2.75) is 40.3 Å². The first-order chi connectivity index (χ1) is 14.4. The van der Waals surface area contributed by atoms with Gasteiger partial charge in [-0.3, -0.25) is 9.69 Å². The fourth-order valence-corrected chi connectivity index (χ4v) is 4.05. The molecule has 0 bridgehead atoms. The predicted octanol–water partition coefficient (Wildman–Crippen LogP) is 3.45. The molecule has 0 aliphatic carbocycles. The Morgan fingerprint density at radius 1 is 1.03 bits per heavy atom. The fraction of sp³-hybridized carbons (Fsp3) is 0.458. The average molecular weight is 411 g/mol. The van der Waals surface area contributed by atoms with Gasteiger partial charge in [0.05, 0.1) is 0 Å². The molecule has 160 valence electrons. The smallest absolute Gasteiger partial charge is 0.263 e. The SMILES string of the molecule is Cc1cc(C)c(C)c(OC(C)C(=O)N2CCN(Cc3ccc4c(c3)OCO4)CC2)c1. The lowest BCUT2D eigenvalue weighted by atomic mass is 10.1. The van der Waals surface area contributed by atoms with E-state index in [1.165, 1.54) is 11.1 Å². The quantitative estimate of drug-likeness (QED) is 0.756. The third-order valence-corrected chi connectivity index (χ3v) is 5.94. The number of aryl methyl sites for hydroxylation is 2. The number of nitrogens with zero attached hydrogens (tertiary/aromatic N) is 2. The first-order valence-corrected chi connectivity index (χ1v) is 10.5. The van der Waals surface area contributed by atoms with Crippen molar-refractivity contribution in [2.24, 2.45) is 0 Å². The maximum Gasteiger partial charge on any atom is 0.263 e. The molecule has 0 N–H and O–H groups in total. The Morgan fingerprint density at radius 2 is 1.77 bits per heavy atom. The summed E-state index contributed by atoms with van der Waals surface area (Å²) < 4.78 is 16.9. The number of benzene rings is 2. The van der Waals surface area contributed by atoms with Crippen LogP contribution in [0.15, 0.2) is 30.3 Å². The van der Waals surface area contributed by atoms with Crippen LogP contribution in [0.25, 0.3) is 0 Å². The predicted molar refractivity (Wildman–Crippen MR) is 115 cm³/mol. The van der Waals surface area contributed by atoms with Gasteiger partial charge < -0.3 is 19.1 Å². The van der Waals surface area contributed by atoms with Crippen molar-refractivity contribution >= 4 is 5.91 Å². The van der Waals surface area contributed by atoms with Gasteiger partial charge in [-0.1, -0.05) is 12.1 Å². The summed E-state index contributed by atoms with van der Waals surface area (Å²) in [4.78, 5) is 17.2. The van der Waals surface area contributed by atoms with Crippen molar-refractivity contribution in [3.05, 3.63) is 52.6 Å². The number of rotatable bonds is 5. The Bertz CT molecular complexity index is 935. The van der Waals surface area contributed by atoms with E-state index in [2.05, 4.69) is 24.0 Å². The first-order valence-electron chi connectivity index (χ1n) is 10.5. The number of amides is 1. The number of carbonyl (C=O) groups excluding carboxylic acids is 1. The summed E-state index contributed by atoms with van der Waals surface area (Å²) in [5, 5.41) is 0. The van der Waals surface area contributed by atoms with E-state index >= 15 is 0 Å². The van der Waals surface area contributed by atoms with Crippen molar-refractivity contribution < 1.29 is 19.0 Å². The summed E-state index contributed by atoms with van der Waals surface area (Å²) >= 11 is 0. The Balaban J connectivity index is 1.31. The van der Waals surface area contributed by atoms with Gasteiger partial charge in [-0.15, -0.1) is 0 Å².